The number of rotatable bonds is 8. The van der Waals surface area contributed by atoms with Gasteiger partial charge in [0, 0.05) is 37.3 Å². The summed E-state index contributed by atoms with van der Waals surface area (Å²) in [4.78, 5) is 46.8. The lowest BCUT2D eigenvalue weighted by molar-refractivity contribution is -0.192. The molecule has 51 heavy (non-hydrogen) atoms. The van der Waals surface area contributed by atoms with E-state index in [0.717, 1.165) is 55.3 Å². The van der Waals surface area contributed by atoms with Crippen LogP contribution < -0.4 is 15.6 Å². The lowest BCUT2D eigenvalue weighted by Crippen LogP contribution is -2.43. The molecule has 0 radical (unpaired) electrons. The molecule has 0 aliphatic carbocycles. The SMILES string of the molecule is CN1CCC(N2Cc3cc4c(cc3C2=O)N=C(c2c(NC[C@@H](O)COc3cc(C(F)(F)F)ccc3Cl)cc[nH]c2=O)C4)CC1.O=C(O)C(F)(F)F. The standard InChI is InChI=1S/C31H31ClF3N5O4.C2HF3O2/c1-39-8-5-20(6-9-39)40-15-18-10-17-11-26(38-25(17)13-22(18)30(40)43)28-24(4-7-36-29(28)42)37-14-21(41)16-44-27-12-19(31(33,34)35)2-3-23(27)32;3-2(4,5)1(6)7/h2-4,7,10,12-13,20-21,41H,5-6,8-9,11,14-16H2,1H3,(H2,36,37,42);(H,6,7)/t21-;/m1./s1. The average molecular weight is 744 g/mol. The first-order valence-corrected chi connectivity index (χ1v) is 16.0. The number of hydrogen-bond donors (Lipinski definition) is 4. The van der Waals surface area contributed by atoms with Gasteiger partial charge in [0.2, 0.25) is 0 Å². The van der Waals surface area contributed by atoms with Gasteiger partial charge in [0.05, 0.1) is 33.2 Å². The van der Waals surface area contributed by atoms with E-state index in [1.807, 2.05) is 17.0 Å². The fraction of sp³-hybridized carbons (Fsp3) is 0.394. The zero-order chi connectivity index (χ0) is 37.2. The van der Waals surface area contributed by atoms with E-state index in [-0.39, 0.29) is 41.4 Å². The van der Waals surface area contributed by atoms with Crippen molar-refractivity contribution in [2.45, 2.75) is 50.3 Å². The predicted octanol–water partition coefficient (Wildman–Crippen LogP) is 5.26. The Bertz CT molecular complexity index is 1890. The topological polar surface area (TPSA) is 148 Å². The van der Waals surface area contributed by atoms with Crippen LogP contribution in [0.2, 0.25) is 5.02 Å². The number of aliphatic hydroxyl groups is 1. The number of aromatic nitrogens is 1. The second-order valence-electron chi connectivity index (χ2n) is 12.2. The molecule has 18 heteroatoms. The highest BCUT2D eigenvalue weighted by molar-refractivity contribution is 6.32. The largest absolute Gasteiger partial charge is 0.490 e. The van der Waals surface area contributed by atoms with Crippen LogP contribution in [-0.4, -0.2) is 94.2 Å². The highest BCUT2D eigenvalue weighted by atomic mass is 35.5. The number of anilines is 1. The molecule has 11 nitrogen and oxygen atoms in total. The molecular weight excluding hydrogens is 712 g/mol. The molecule has 1 amide bonds. The van der Waals surface area contributed by atoms with Crippen LogP contribution in [0.25, 0.3) is 0 Å². The molecule has 3 aliphatic heterocycles. The molecule has 0 unspecified atom stereocenters. The van der Waals surface area contributed by atoms with Crippen LogP contribution in [0.15, 0.2) is 52.4 Å². The van der Waals surface area contributed by atoms with E-state index in [1.165, 1.54) is 6.20 Å². The molecule has 0 bridgehead atoms. The molecule has 1 fully saturated rings. The summed E-state index contributed by atoms with van der Waals surface area (Å²) in [7, 11) is 2.09. The number of aliphatic hydroxyl groups excluding tert-OH is 1. The maximum Gasteiger partial charge on any atom is 0.490 e. The van der Waals surface area contributed by atoms with E-state index in [2.05, 4.69) is 22.2 Å². The lowest BCUT2D eigenvalue weighted by atomic mass is 10.00. The van der Waals surface area contributed by atoms with E-state index in [4.69, 9.17) is 31.2 Å². The van der Waals surface area contributed by atoms with Gasteiger partial charge in [-0.25, -0.2) is 4.79 Å². The van der Waals surface area contributed by atoms with Crippen LogP contribution in [0, 0.1) is 0 Å². The molecule has 3 aromatic rings. The van der Waals surface area contributed by atoms with E-state index >= 15 is 0 Å². The number of nitrogens with zero attached hydrogens (tertiary/aromatic N) is 3. The zero-order valence-electron chi connectivity index (χ0n) is 26.9. The Hall–Kier alpha value is -4.61. The first kappa shape index (κ1) is 37.6. The third kappa shape index (κ3) is 8.83. The predicted molar refractivity (Wildman–Crippen MR) is 174 cm³/mol. The summed E-state index contributed by atoms with van der Waals surface area (Å²) in [6.07, 6.45) is -7.03. The third-order valence-electron chi connectivity index (χ3n) is 8.59. The minimum Gasteiger partial charge on any atom is -0.489 e. The van der Waals surface area contributed by atoms with E-state index in [1.54, 1.807) is 6.07 Å². The number of piperidine rings is 1. The Morgan fingerprint density at radius 3 is 2.43 bits per heavy atom. The zero-order valence-corrected chi connectivity index (χ0v) is 27.6. The van der Waals surface area contributed by atoms with Crippen LogP contribution in [0.5, 0.6) is 5.75 Å². The van der Waals surface area contributed by atoms with Crippen molar-refractivity contribution >= 4 is 40.6 Å². The Labute approximate surface area is 291 Å². The number of aliphatic imine (C=N–C) groups is 1. The van der Waals surface area contributed by atoms with E-state index < -0.39 is 30.0 Å². The molecule has 1 aromatic heterocycles. The number of fused-ring (bicyclic) bond motifs is 2. The smallest absolute Gasteiger partial charge is 0.489 e. The molecule has 274 valence electrons. The van der Waals surface area contributed by atoms with Gasteiger partial charge in [0.25, 0.3) is 11.5 Å². The molecule has 1 saturated heterocycles. The number of amides is 1. The number of alkyl halides is 6. The van der Waals surface area contributed by atoms with Crippen molar-refractivity contribution in [1.82, 2.24) is 14.8 Å². The number of benzene rings is 2. The summed E-state index contributed by atoms with van der Waals surface area (Å²) in [5.74, 6) is -2.94. The quantitative estimate of drug-likeness (QED) is 0.229. The van der Waals surface area contributed by atoms with Gasteiger partial charge >= 0.3 is 18.3 Å². The number of H-pyrrole nitrogens is 1. The number of likely N-dealkylation sites (tertiary alicyclic amines) is 1. The van der Waals surface area contributed by atoms with Crippen LogP contribution >= 0.6 is 11.6 Å². The fourth-order valence-electron chi connectivity index (χ4n) is 5.96. The fourth-order valence-corrected chi connectivity index (χ4v) is 6.13. The lowest BCUT2D eigenvalue weighted by Gasteiger charge is -2.34. The average Bonchev–Trinajstić information content (AvgIpc) is 3.61. The van der Waals surface area contributed by atoms with Crippen molar-refractivity contribution in [3.8, 4) is 5.75 Å². The number of carbonyl (C=O) groups is 2. The maximum absolute atomic E-state index is 13.3. The number of ether oxygens (including phenoxy) is 1. The normalized spacial score (nSPS) is 16.9. The number of carbonyl (C=O) groups excluding carboxylic acids is 1. The molecule has 2 aromatic carbocycles. The summed E-state index contributed by atoms with van der Waals surface area (Å²) >= 11 is 5.98. The Balaban J connectivity index is 0.000000654. The number of halogens is 7. The van der Waals surface area contributed by atoms with E-state index in [0.29, 0.717) is 41.2 Å². The summed E-state index contributed by atoms with van der Waals surface area (Å²) in [5.41, 5.74) is 3.15. The van der Waals surface area contributed by atoms with Crippen molar-refractivity contribution in [3.63, 3.8) is 0 Å². The number of hydrogen-bond acceptors (Lipinski definition) is 8. The Morgan fingerprint density at radius 1 is 1.10 bits per heavy atom. The number of carboxylic acid groups (broad SMARTS) is 1. The van der Waals surface area contributed by atoms with Crippen molar-refractivity contribution in [3.05, 3.63) is 85.8 Å². The minimum atomic E-state index is -5.08. The van der Waals surface area contributed by atoms with Gasteiger partial charge < -0.3 is 35.1 Å². The Kier molecular flexibility index (Phi) is 11.0. The molecular formula is C33H32ClF6N5O6. The van der Waals surface area contributed by atoms with Crippen LogP contribution in [-0.2, 0) is 23.9 Å². The first-order chi connectivity index (χ1) is 23.9. The summed E-state index contributed by atoms with van der Waals surface area (Å²) < 4.78 is 76.3. The highest BCUT2D eigenvalue weighted by Crippen LogP contribution is 2.38. The highest BCUT2D eigenvalue weighted by Gasteiger charge is 2.38. The molecule has 3 aliphatic rings. The minimum absolute atomic E-state index is 0.0172. The molecule has 0 spiro atoms. The van der Waals surface area contributed by atoms with Crippen LogP contribution in [0.3, 0.4) is 0 Å². The molecule has 1 atom stereocenters. The Morgan fingerprint density at radius 2 is 1.78 bits per heavy atom. The molecule has 0 saturated carbocycles. The van der Waals surface area contributed by atoms with Crippen molar-refractivity contribution < 1.29 is 50.9 Å². The van der Waals surface area contributed by atoms with E-state index in [9.17, 15) is 41.0 Å². The van der Waals surface area contributed by atoms with Crippen molar-refractivity contribution in [2.24, 2.45) is 4.99 Å². The van der Waals surface area contributed by atoms with Crippen LogP contribution in [0.4, 0.5) is 37.7 Å². The number of pyridine rings is 1. The molecule has 6 rings (SSSR count). The first-order valence-electron chi connectivity index (χ1n) is 15.6. The van der Waals surface area contributed by atoms with Gasteiger partial charge in [0.1, 0.15) is 18.5 Å². The number of aliphatic carboxylic acids is 1. The van der Waals surface area contributed by atoms with Gasteiger partial charge in [-0.05, 0) is 74.4 Å². The van der Waals surface area contributed by atoms with Crippen molar-refractivity contribution in [1.29, 1.82) is 0 Å². The van der Waals surface area contributed by atoms with Gasteiger partial charge in [-0.1, -0.05) is 17.7 Å². The monoisotopic (exact) mass is 743 g/mol. The summed E-state index contributed by atoms with van der Waals surface area (Å²) in [5, 5.41) is 20.6. The number of aromatic amines is 1. The maximum atomic E-state index is 13.3. The number of carboxylic acids is 1. The van der Waals surface area contributed by atoms with Crippen molar-refractivity contribution in [2.75, 3.05) is 38.6 Å². The molecule has 4 N–H and O–H groups in total. The molecule has 4 heterocycles. The number of nitrogens with one attached hydrogen (secondary N) is 2. The van der Waals surface area contributed by atoms with Gasteiger partial charge in [0.15, 0.2) is 0 Å². The van der Waals surface area contributed by atoms with Gasteiger partial charge in [-0.3, -0.25) is 14.6 Å². The van der Waals surface area contributed by atoms with Crippen LogP contribution in [0.1, 0.15) is 45.5 Å². The van der Waals surface area contributed by atoms with Gasteiger partial charge in [-0.15, -0.1) is 0 Å². The van der Waals surface area contributed by atoms with Gasteiger partial charge in [-0.2, -0.15) is 26.3 Å². The second kappa shape index (κ2) is 14.9. The summed E-state index contributed by atoms with van der Waals surface area (Å²) in [6, 6.07) is 8.41. The summed E-state index contributed by atoms with van der Waals surface area (Å²) in [6.45, 7) is 2.09. The second-order valence-corrected chi connectivity index (χ2v) is 12.6. The third-order valence-corrected chi connectivity index (χ3v) is 8.90.